The number of carbonyl (C=O) groups is 1. The van der Waals surface area contributed by atoms with Crippen LogP contribution in [-0.2, 0) is 4.79 Å². The maximum atomic E-state index is 13.0. The molecule has 3 nitrogen and oxygen atoms in total. The lowest BCUT2D eigenvalue weighted by atomic mass is 10.1. The van der Waals surface area contributed by atoms with Crippen LogP contribution in [-0.4, -0.2) is 12.0 Å². The van der Waals surface area contributed by atoms with E-state index in [4.69, 9.17) is 4.74 Å². The summed E-state index contributed by atoms with van der Waals surface area (Å²) in [5.74, 6) is -0.0925. The van der Waals surface area contributed by atoms with Crippen molar-refractivity contribution in [2.45, 2.75) is 19.4 Å². The molecule has 0 fully saturated rings. The van der Waals surface area contributed by atoms with Crippen LogP contribution < -0.4 is 10.1 Å². The summed E-state index contributed by atoms with van der Waals surface area (Å²) in [7, 11) is 0. The first-order valence-electron chi connectivity index (χ1n) is 7.88. The Morgan fingerprint density at radius 1 is 1.04 bits per heavy atom. The predicted octanol–water partition coefficient (Wildman–Crippen LogP) is 4.78. The van der Waals surface area contributed by atoms with Crippen LogP contribution >= 0.6 is 0 Å². The summed E-state index contributed by atoms with van der Waals surface area (Å²) in [4.78, 5) is 12.5. The second kappa shape index (κ2) is 7.13. The molecule has 0 aromatic heterocycles. The molecule has 3 aromatic carbocycles. The number of rotatable bonds is 5. The first-order valence-corrected chi connectivity index (χ1v) is 7.88. The van der Waals surface area contributed by atoms with E-state index >= 15 is 0 Å². The Labute approximate surface area is 140 Å². The quantitative estimate of drug-likeness (QED) is 0.734. The fourth-order valence-electron chi connectivity index (χ4n) is 2.55. The standard InChI is InChI=1S/C20H18FNO2/c1-2-19(24-16-12-10-15(21)11-13-16)20(23)22-18-9-5-7-14-6-3-4-8-17(14)18/h3-13,19H,2H2,1H3,(H,22,23)/t19-/m1/s1. The second-order valence-corrected chi connectivity index (χ2v) is 5.48. The van der Waals surface area contributed by atoms with Crippen LogP contribution in [0.15, 0.2) is 66.7 Å². The Kier molecular flexibility index (Phi) is 4.75. The average Bonchev–Trinajstić information content (AvgIpc) is 2.61. The van der Waals surface area contributed by atoms with Crippen LogP contribution in [0.2, 0.25) is 0 Å². The molecule has 24 heavy (non-hydrogen) atoms. The third-order valence-electron chi connectivity index (χ3n) is 3.80. The molecule has 1 atom stereocenters. The first-order chi connectivity index (χ1) is 11.7. The number of carbonyl (C=O) groups excluding carboxylic acids is 1. The molecule has 122 valence electrons. The van der Waals surface area contributed by atoms with Crippen LogP contribution in [0.5, 0.6) is 5.75 Å². The number of fused-ring (bicyclic) bond motifs is 1. The molecule has 3 rings (SSSR count). The maximum absolute atomic E-state index is 13.0. The molecular weight excluding hydrogens is 305 g/mol. The van der Waals surface area contributed by atoms with E-state index in [1.807, 2.05) is 49.4 Å². The molecule has 1 N–H and O–H groups in total. The number of benzene rings is 3. The fourth-order valence-corrected chi connectivity index (χ4v) is 2.55. The van der Waals surface area contributed by atoms with Crippen LogP contribution in [0.25, 0.3) is 10.8 Å². The van der Waals surface area contributed by atoms with Gasteiger partial charge in [-0.3, -0.25) is 4.79 Å². The van der Waals surface area contributed by atoms with E-state index in [9.17, 15) is 9.18 Å². The lowest BCUT2D eigenvalue weighted by molar-refractivity contribution is -0.122. The second-order valence-electron chi connectivity index (χ2n) is 5.48. The number of nitrogens with one attached hydrogen (secondary N) is 1. The lowest BCUT2D eigenvalue weighted by Crippen LogP contribution is -2.32. The SMILES string of the molecule is CC[C@@H](Oc1ccc(F)cc1)C(=O)Nc1cccc2ccccc12. The summed E-state index contributed by atoms with van der Waals surface area (Å²) in [6, 6.07) is 19.3. The fraction of sp³-hybridized carbons (Fsp3) is 0.150. The highest BCUT2D eigenvalue weighted by atomic mass is 19.1. The Bertz CT molecular complexity index is 840. The van der Waals surface area contributed by atoms with E-state index in [0.717, 1.165) is 16.5 Å². The van der Waals surface area contributed by atoms with Crippen molar-refractivity contribution in [3.8, 4) is 5.75 Å². The summed E-state index contributed by atoms with van der Waals surface area (Å²) in [6.07, 6.45) is -0.136. The van der Waals surface area contributed by atoms with Gasteiger partial charge in [0.1, 0.15) is 11.6 Å². The highest BCUT2D eigenvalue weighted by Crippen LogP contribution is 2.23. The van der Waals surface area contributed by atoms with Gasteiger partial charge >= 0.3 is 0 Å². The zero-order valence-electron chi connectivity index (χ0n) is 13.3. The summed E-state index contributed by atoms with van der Waals surface area (Å²) < 4.78 is 18.7. The van der Waals surface area contributed by atoms with Crippen molar-refractivity contribution in [3.63, 3.8) is 0 Å². The van der Waals surface area contributed by atoms with Crippen molar-refractivity contribution in [2.24, 2.45) is 0 Å². The summed E-state index contributed by atoms with van der Waals surface area (Å²) in [5.41, 5.74) is 0.749. The highest BCUT2D eigenvalue weighted by Gasteiger charge is 2.19. The number of ether oxygens (including phenoxy) is 1. The molecular formula is C20H18FNO2. The molecule has 0 heterocycles. The molecule has 0 unspecified atom stereocenters. The molecule has 0 radical (unpaired) electrons. The van der Waals surface area contributed by atoms with E-state index in [1.54, 1.807) is 0 Å². The van der Waals surface area contributed by atoms with Gasteiger partial charge in [-0.25, -0.2) is 4.39 Å². The van der Waals surface area contributed by atoms with Crippen molar-refractivity contribution >= 4 is 22.4 Å². The number of hydrogen-bond donors (Lipinski definition) is 1. The van der Waals surface area contributed by atoms with Gasteiger partial charge in [-0.05, 0) is 42.1 Å². The maximum Gasteiger partial charge on any atom is 0.265 e. The Balaban J connectivity index is 1.77. The Hall–Kier alpha value is -2.88. The zero-order chi connectivity index (χ0) is 16.9. The van der Waals surface area contributed by atoms with Crippen LogP contribution in [0.4, 0.5) is 10.1 Å². The van der Waals surface area contributed by atoms with Gasteiger partial charge in [0.05, 0.1) is 0 Å². The van der Waals surface area contributed by atoms with Gasteiger partial charge in [0.15, 0.2) is 6.10 Å². The normalized spacial score (nSPS) is 11.9. The smallest absolute Gasteiger partial charge is 0.265 e. The zero-order valence-corrected chi connectivity index (χ0v) is 13.3. The number of hydrogen-bond acceptors (Lipinski definition) is 2. The molecule has 0 saturated heterocycles. The van der Waals surface area contributed by atoms with Crippen LogP contribution in [0, 0.1) is 5.82 Å². The minimum Gasteiger partial charge on any atom is -0.481 e. The molecule has 0 aliphatic carbocycles. The monoisotopic (exact) mass is 323 g/mol. The van der Waals surface area contributed by atoms with Gasteiger partial charge < -0.3 is 10.1 Å². The lowest BCUT2D eigenvalue weighted by Gasteiger charge is -2.18. The third kappa shape index (κ3) is 3.54. The third-order valence-corrected chi connectivity index (χ3v) is 3.80. The van der Waals surface area contributed by atoms with Gasteiger partial charge in [0.25, 0.3) is 5.91 Å². The van der Waals surface area contributed by atoms with E-state index in [-0.39, 0.29) is 11.7 Å². The van der Waals surface area contributed by atoms with Gasteiger partial charge in [-0.2, -0.15) is 0 Å². The van der Waals surface area contributed by atoms with Crippen molar-refractivity contribution in [1.29, 1.82) is 0 Å². The van der Waals surface area contributed by atoms with Crippen LogP contribution in [0.1, 0.15) is 13.3 Å². The first kappa shape index (κ1) is 16.0. The van der Waals surface area contributed by atoms with Crippen molar-refractivity contribution < 1.29 is 13.9 Å². The van der Waals surface area contributed by atoms with Gasteiger partial charge in [-0.15, -0.1) is 0 Å². The summed E-state index contributed by atoms with van der Waals surface area (Å²) >= 11 is 0. The van der Waals surface area contributed by atoms with Crippen LogP contribution in [0.3, 0.4) is 0 Å². The highest BCUT2D eigenvalue weighted by molar-refractivity contribution is 6.03. The van der Waals surface area contributed by atoms with Crippen molar-refractivity contribution in [3.05, 3.63) is 72.5 Å². The molecule has 1 amide bonds. The predicted molar refractivity (Wildman–Crippen MR) is 93.7 cm³/mol. The molecule has 0 bridgehead atoms. The van der Waals surface area contributed by atoms with Gasteiger partial charge in [0, 0.05) is 11.1 Å². The summed E-state index contributed by atoms with van der Waals surface area (Å²) in [5, 5.41) is 4.96. The molecule has 0 spiro atoms. The van der Waals surface area contributed by atoms with Gasteiger partial charge in [-0.1, -0.05) is 43.3 Å². The number of amides is 1. The summed E-state index contributed by atoms with van der Waals surface area (Å²) in [6.45, 7) is 1.87. The molecule has 0 aliphatic heterocycles. The van der Waals surface area contributed by atoms with E-state index < -0.39 is 6.10 Å². The Morgan fingerprint density at radius 3 is 2.50 bits per heavy atom. The van der Waals surface area contributed by atoms with Crippen molar-refractivity contribution in [2.75, 3.05) is 5.32 Å². The van der Waals surface area contributed by atoms with E-state index in [2.05, 4.69) is 5.32 Å². The topological polar surface area (TPSA) is 38.3 Å². The number of halogens is 1. The van der Waals surface area contributed by atoms with Gasteiger partial charge in [0.2, 0.25) is 0 Å². The molecule has 3 aromatic rings. The van der Waals surface area contributed by atoms with E-state index in [1.165, 1.54) is 24.3 Å². The van der Waals surface area contributed by atoms with E-state index in [0.29, 0.717) is 12.2 Å². The average molecular weight is 323 g/mol. The molecule has 0 saturated carbocycles. The largest absolute Gasteiger partial charge is 0.481 e. The Morgan fingerprint density at radius 2 is 1.75 bits per heavy atom. The number of anilines is 1. The molecule has 0 aliphatic rings. The molecule has 4 heteroatoms. The minimum absolute atomic E-state index is 0.224. The minimum atomic E-state index is -0.644. The van der Waals surface area contributed by atoms with Crippen molar-refractivity contribution in [1.82, 2.24) is 0 Å².